The third-order valence-corrected chi connectivity index (χ3v) is 7.51. The second-order valence-corrected chi connectivity index (χ2v) is 10.3. The van der Waals surface area contributed by atoms with Crippen LogP contribution in [0.5, 0.6) is 17.2 Å². The van der Waals surface area contributed by atoms with Crippen molar-refractivity contribution in [3.8, 4) is 17.2 Å². The Morgan fingerprint density at radius 3 is 1.82 bits per heavy atom. The summed E-state index contributed by atoms with van der Waals surface area (Å²) in [7, 11) is -3.66. The molecule has 0 fully saturated rings. The quantitative estimate of drug-likeness (QED) is 0.468. The zero-order valence-electron chi connectivity index (χ0n) is 18.4. The molecule has 3 aromatic rings. The molecule has 0 saturated heterocycles. The van der Waals surface area contributed by atoms with Crippen LogP contribution in [0.1, 0.15) is 5.56 Å². The predicted octanol–water partition coefficient (Wildman–Crippen LogP) is 3.62. The Balaban J connectivity index is 1.90. The van der Waals surface area contributed by atoms with Gasteiger partial charge in [0, 0.05) is 11.8 Å². The van der Waals surface area contributed by atoms with Gasteiger partial charge in [-0.05, 0) is 61.0 Å². The number of anilines is 2. The monoisotopic (exact) mass is 492 g/mol. The van der Waals surface area contributed by atoms with Crippen LogP contribution >= 0.6 is 0 Å². The highest BCUT2D eigenvalue weighted by atomic mass is 32.2. The highest BCUT2D eigenvalue weighted by Crippen LogP contribution is 2.31. The summed E-state index contributed by atoms with van der Waals surface area (Å²) in [6.07, 6.45) is 0. The van der Waals surface area contributed by atoms with Crippen LogP contribution in [-0.4, -0.2) is 38.2 Å². The summed E-state index contributed by atoms with van der Waals surface area (Å²) in [5.74, 6) is 1.21. The van der Waals surface area contributed by atoms with Gasteiger partial charge in [0.25, 0.3) is 20.0 Å². The zero-order valence-corrected chi connectivity index (χ0v) is 20.1. The van der Waals surface area contributed by atoms with Gasteiger partial charge in [-0.1, -0.05) is 6.07 Å². The second kappa shape index (κ2) is 9.59. The van der Waals surface area contributed by atoms with Crippen molar-refractivity contribution in [1.29, 1.82) is 0 Å². The van der Waals surface area contributed by atoms with Crippen LogP contribution in [0.15, 0.2) is 70.5 Å². The van der Waals surface area contributed by atoms with Gasteiger partial charge >= 0.3 is 0 Å². The fourth-order valence-electron chi connectivity index (χ4n) is 2.94. The molecule has 0 aliphatic heterocycles. The number of nitrogens with one attached hydrogen (secondary N) is 2. The topological polar surface area (TPSA) is 120 Å². The number of methoxy groups -OCH3 is 3. The van der Waals surface area contributed by atoms with E-state index in [4.69, 9.17) is 14.2 Å². The Labute approximate surface area is 193 Å². The molecule has 0 bridgehead atoms. The van der Waals surface area contributed by atoms with Crippen molar-refractivity contribution in [1.82, 2.24) is 0 Å². The lowest BCUT2D eigenvalue weighted by molar-refractivity contribution is 0.354. The minimum atomic E-state index is -4.04. The molecule has 0 saturated carbocycles. The van der Waals surface area contributed by atoms with Gasteiger partial charge in [-0.15, -0.1) is 0 Å². The van der Waals surface area contributed by atoms with E-state index >= 15 is 0 Å². The van der Waals surface area contributed by atoms with Crippen LogP contribution in [0.3, 0.4) is 0 Å². The molecule has 176 valence electrons. The number of aryl methyl sites for hydroxylation is 1. The molecule has 0 atom stereocenters. The molecule has 3 aromatic carbocycles. The lowest BCUT2D eigenvalue weighted by Crippen LogP contribution is -2.16. The first-order chi connectivity index (χ1) is 15.6. The van der Waals surface area contributed by atoms with E-state index in [2.05, 4.69) is 9.44 Å². The summed E-state index contributed by atoms with van der Waals surface area (Å²) in [6, 6.07) is 14.7. The smallest absolute Gasteiger partial charge is 0.262 e. The van der Waals surface area contributed by atoms with Gasteiger partial charge in [0.15, 0.2) is 11.5 Å². The average molecular weight is 493 g/mol. The van der Waals surface area contributed by atoms with E-state index in [1.165, 1.54) is 57.7 Å². The summed E-state index contributed by atoms with van der Waals surface area (Å²) in [4.78, 5) is -0.168. The summed E-state index contributed by atoms with van der Waals surface area (Å²) >= 11 is 0. The molecule has 0 amide bonds. The molecule has 0 radical (unpaired) electrons. The first-order valence-corrected chi connectivity index (χ1v) is 12.6. The van der Waals surface area contributed by atoms with Gasteiger partial charge in [-0.25, -0.2) is 16.8 Å². The van der Waals surface area contributed by atoms with Crippen molar-refractivity contribution in [2.75, 3.05) is 30.8 Å². The van der Waals surface area contributed by atoms with E-state index in [9.17, 15) is 16.8 Å². The number of hydrogen-bond donors (Lipinski definition) is 2. The Morgan fingerprint density at radius 2 is 1.21 bits per heavy atom. The van der Waals surface area contributed by atoms with Crippen molar-refractivity contribution in [2.24, 2.45) is 0 Å². The SMILES string of the molecule is COc1ccc(NS(=O)(=O)c2ccc(C)c(NS(=O)(=O)c3ccc(OC)c(OC)c3)c2)cc1. The largest absolute Gasteiger partial charge is 0.497 e. The van der Waals surface area contributed by atoms with Gasteiger partial charge in [-0.3, -0.25) is 9.44 Å². The third-order valence-electron chi connectivity index (χ3n) is 4.77. The minimum Gasteiger partial charge on any atom is -0.497 e. The number of benzene rings is 3. The number of sulfonamides is 2. The molecule has 0 aliphatic rings. The third kappa shape index (κ3) is 5.49. The summed E-state index contributed by atoms with van der Waals surface area (Å²) in [6.45, 7) is 1.67. The van der Waals surface area contributed by atoms with E-state index in [1.54, 1.807) is 31.2 Å². The molecule has 0 heterocycles. The standard InChI is InChI=1S/C22H24N2O7S2/c1-15-5-10-18(32(25,26)23-16-6-8-17(29-2)9-7-16)13-20(15)24-33(27,28)19-11-12-21(30-3)22(14-19)31-4/h5-14,23-24H,1-4H3. The molecule has 0 aliphatic carbocycles. The second-order valence-electron chi connectivity index (χ2n) is 6.93. The molecule has 2 N–H and O–H groups in total. The van der Waals surface area contributed by atoms with Crippen LogP contribution in [0.25, 0.3) is 0 Å². The van der Waals surface area contributed by atoms with Crippen LogP contribution in [0.4, 0.5) is 11.4 Å². The van der Waals surface area contributed by atoms with Crippen molar-refractivity contribution < 1.29 is 31.0 Å². The molecule has 3 rings (SSSR count). The predicted molar refractivity (Wildman–Crippen MR) is 125 cm³/mol. The van der Waals surface area contributed by atoms with Gasteiger partial charge in [0.2, 0.25) is 0 Å². The first kappa shape index (κ1) is 24.2. The van der Waals surface area contributed by atoms with Crippen molar-refractivity contribution in [3.63, 3.8) is 0 Å². The van der Waals surface area contributed by atoms with Gasteiger partial charge in [0.05, 0.1) is 36.8 Å². The van der Waals surface area contributed by atoms with Gasteiger partial charge < -0.3 is 14.2 Å². The van der Waals surface area contributed by atoms with E-state index in [1.807, 2.05) is 0 Å². The Hall–Kier alpha value is -3.44. The fourth-order valence-corrected chi connectivity index (χ4v) is 5.16. The Kier molecular flexibility index (Phi) is 7.04. The van der Waals surface area contributed by atoms with Gasteiger partial charge in [-0.2, -0.15) is 0 Å². The van der Waals surface area contributed by atoms with Crippen LogP contribution in [0, 0.1) is 6.92 Å². The maximum Gasteiger partial charge on any atom is 0.262 e. The van der Waals surface area contributed by atoms with Crippen LogP contribution < -0.4 is 23.7 Å². The van der Waals surface area contributed by atoms with Crippen LogP contribution in [0.2, 0.25) is 0 Å². The van der Waals surface area contributed by atoms with Crippen molar-refractivity contribution in [2.45, 2.75) is 16.7 Å². The highest BCUT2D eigenvalue weighted by molar-refractivity contribution is 7.93. The summed E-state index contributed by atoms with van der Waals surface area (Å²) in [5, 5.41) is 0. The Bertz CT molecular complexity index is 1350. The first-order valence-electron chi connectivity index (χ1n) is 9.62. The molecule has 0 aromatic heterocycles. The normalized spacial score (nSPS) is 11.5. The fraction of sp³-hybridized carbons (Fsp3) is 0.182. The van der Waals surface area contributed by atoms with E-state index in [-0.39, 0.29) is 21.2 Å². The average Bonchev–Trinajstić information content (AvgIpc) is 2.80. The lowest BCUT2D eigenvalue weighted by Gasteiger charge is -2.15. The van der Waals surface area contributed by atoms with E-state index in [0.717, 1.165) is 0 Å². The molecule has 11 heteroatoms. The zero-order chi connectivity index (χ0) is 24.2. The molecule has 9 nitrogen and oxygen atoms in total. The lowest BCUT2D eigenvalue weighted by atomic mass is 10.2. The molecule has 0 spiro atoms. The van der Waals surface area contributed by atoms with E-state index in [0.29, 0.717) is 22.7 Å². The highest BCUT2D eigenvalue weighted by Gasteiger charge is 2.21. The molecule has 0 unspecified atom stereocenters. The summed E-state index contributed by atoms with van der Waals surface area (Å²) < 4.78 is 71.9. The minimum absolute atomic E-state index is 0.0656. The van der Waals surface area contributed by atoms with E-state index < -0.39 is 20.0 Å². The number of ether oxygens (including phenoxy) is 3. The molecular weight excluding hydrogens is 468 g/mol. The van der Waals surface area contributed by atoms with Crippen molar-refractivity contribution >= 4 is 31.4 Å². The summed E-state index contributed by atoms with van der Waals surface area (Å²) in [5.41, 5.74) is 1.01. The van der Waals surface area contributed by atoms with Crippen LogP contribution in [-0.2, 0) is 20.0 Å². The van der Waals surface area contributed by atoms with Crippen molar-refractivity contribution in [3.05, 3.63) is 66.2 Å². The molecular formula is C22H24N2O7S2. The maximum absolute atomic E-state index is 12.9. The number of rotatable bonds is 9. The maximum atomic E-state index is 12.9. The van der Waals surface area contributed by atoms with Gasteiger partial charge in [0.1, 0.15) is 5.75 Å². The number of hydrogen-bond acceptors (Lipinski definition) is 7. The Morgan fingerprint density at radius 1 is 0.636 bits per heavy atom. The molecule has 33 heavy (non-hydrogen) atoms.